The molecule has 0 aliphatic rings. The highest BCUT2D eigenvalue weighted by atomic mass is 32.2. The minimum Gasteiger partial charge on any atom is -0.493 e. The van der Waals surface area contributed by atoms with Gasteiger partial charge >= 0.3 is 0 Å². The molecule has 7 nitrogen and oxygen atoms in total. The van der Waals surface area contributed by atoms with Crippen LogP contribution >= 0.6 is 0 Å². The number of amides is 1. The molecule has 9 heteroatoms. The third-order valence-electron chi connectivity index (χ3n) is 4.68. The molecule has 0 spiro atoms. The topological polar surface area (TPSA) is 84.9 Å². The van der Waals surface area contributed by atoms with Crippen LogP contribution in [0.2, 0.25) is 0 Å². The number of rotatable bonds is 8. The molecule has 3 aromatic carbocycles. The molecular weight excluding hydrogens is 435 g/mol. The number of nitrogens with zero attached hydrogens (tertiary/aromatic N) is 1. The lowest BCUT2D eigenvalue weighted by molar-refractivity contribution is -0.114. The van der Waals surface area contributed by atoms with Crippen LogP contribution in [-0.2, 0) is 14.8 Å². The Kier molecular flexibility index (Phi) is 6.99. The van der Waals surface area contributed by atoms with Crippen molar-refractivity contribution in [3.63, 3.8) is 0 Å². The second-order valence-corrected chi connectivity index (χ2v) is 8.78. The first-order valence-electron chi connectivity index (χ1n) is 9.61. The Hall–Kier alpha value is -3.59. The molecule has 0 unspecified atom stereocenters. The number of sulfonamides is 1. The zero-order valence-electron chi connectivity index (χ0n) is 17.8. The van der Waals surface area contributed by atoms with Crippen LogP contribution in [0.3, 0.4) is 0 Å². The maximum Gasteiger partial charge on any atom is 0.264 e. The molecule has 0 saturated heterocycles. The maximum absolute atomic E-state index is 13.3. The monoisotopic (exact) mass is 458 g/mol. The molecule has 168 valence electrons. The van der Waals surface area contributed by atoms with E-state index in [1.54, 1.807) is 42.5 Å². The normalized spacial score (nSPS) is 11.0. The summed E-state index contributed by atoms with van der Waals surface area (Å²) >= 11 is 0. The van der Waals surface area contributed by atoms with E-state index in [0.29, 0.717) is 22.9 Å². The van der Waals surface area contributed by atoms with E-state index in [0.717, 1.165) is 34.1 Å². The van der Waals surface area contributed by atoms with Gasteiger partial charge in [-0.2, -0.15) is 0 Å². The number of aryl methyl sites for hydroxylation is 1. The van der Waals surface area contributed by atoms with Gasteiger partial charge in [0.1, 0.15) is 12.4 Å². The van der Waals surface area contributed by atoms with Gasteiger partial charge in [0.05, 0.1) is 24.8 Å². The minimum atomic E-state index is -4.13. The molecule has 3 rings (SSSR count). The zero-order valence-corrected chi connectivity index (χ0v) is 18.6. The summed E-state index contributed by atoms with van der Waals surface area (Å²) in [5, 5.41) is 2.67. The summed E-state index contributed by atoms with van der Waals surface area (Å²) in [4.78, 5) is 12.7. The Morgan fingerprint density at radius 2 is 1.56 bits per heavy atom. The zero-order chi connectivity index (χ0) is 23.3. The molecule has 0 radical (unpaired) electrons. The van der Waals surface area contributed by atoms with Gasteiger partial charge in [-0.05, 0) is 55.5 Å². The minimum absolute atomic E-state index is 0.126. The van der Waals surface area contributed by atoms with E-state index in [9.17, 15) is 17.6 Å². The number of methoxy groups -OCH3 is 2. The molecule has 1 N–H and O–H groups in total. The van der Waals surface area contributed by atoms with Crippen LogP contribution in [0.15, 0.2) is 71.6 Å². The van der Waals surface area contributed by atoms with Gasteiger partial charge in [0.25, 0.3) is 10.0 Å². The predicted molar refractivity (Wildman–Crippen MR) is 120 cm³/mol. The molecule has 0 aromatic heterocycles. The lowest BCUT2D eigenvalue weighted by Gasteiger charge is -2.24. The van der Waals surface area contributed by atoms with Crippen molar-refractivity contribution in [1.29, 1.82) is 0 Å². The standard InChI is InChI=1S/C23H23FN2O5S/c1-16-4-9-19(10-5-16)26(32(28,29)20-11-6-17(24)7-12-20)15-23(27)25-18-8-13-21(30-2)22(14-18)31-3/h4-14H,15H2,1-3H3,(H,25,27). The number of anilines is 2. The number of carbonyl (C=O) groups is 1. The summed E-state index contributed by atoms with van der Waals surface area (Å²) in [5.41, 5.74) is 1.65. The largest absolute Gasteiger partial charge is 0.493 e. The van der Waals surface area contributed by atoms with Gasteiger partial charge in [-0.25, -0.2) is 12.8 Å². The van der Waals surface area contributed by atoms with E-state index in [2.05, 4.69) is 5.32 Å². The van der Waals surface area contributed by atoms with E-state index in [1.165, 1.54) is 14.2 Å². The first kappa shape index (κ1) is 23.1. The van der Waals surface area contributed by atoms with Crippen LogP contribution in [0.1, 0.15) is 5.56 Å². The van der Waals surface area contributed by atoms with E-state index in [-0.39, 0.29) is 4.90 Å². The first-order chi connectivity index (χ1) is 15.2. The van der Waals surface area contributed by atoms with Crippen LogP contribution in [0.4, 0.5) is 15.8 Å². The second kappa shape index (κ2) is 9.69. The molecule has 0 saturated carbocycles. The molecule has 0 aliphatic carbocycles. The molecule has 32 heavy (non-hydrogen) atoms. The summed E-state index contributed by atoms with van der Waals surface area (Å²) in [6.07, 6.45) is 0. The van der Waals surface area contributed by atoms with Crippen molar-refractivity contribution in [1.82, 2.24) is 0 Å². The van der Waals surface area contributed by atoms with Gasteiger partial charge in [-0.3, -0.25) is 9.10 Å². The summed E-state index contributed by atoms with van der Waals surface area (Å²) in [5.74, 6) is -0.217. The molecule has 0 atom stereocenters. The van der Waals surface area contributed by atoms with E-state index < -0.39 is 28.3 Å². The third-order valence-corrected chi connectivity index (χ3v) is 6.47. The van der Waals surface area contributed by atoms with Crippen LogP contribution in [0.5, 0.6) is 11.5 Å². The van der Waals surface area contributed by atoms with Gasteiger partial charge in [0.15, 0.2) is 11.5 Å². The molecule has 0 fully saturated rings. The number of ether oxygens (including phenoxy) is 2. The summed E-state index contributed by atoms with van der Waals surface area (Å²) in [6, 6.07) is 16.0. The lowest BCUT2D eigenvalue weighted by atomic mass is 10.2. The Balaban J connectivity index is 1.91. The highest BCUT2D eigenvalue weighted by Gasteiger charge is 2.27. The average molecular weight is 459 g/mol. The average Bonchev–Trinajstić information content (AvgIpc) is 2.78. The quantitative estimate of drug-likeness (QED) is 0.552. The van der Waals surface area contributed by atoms with Crippen molar-refractivity contribution >= 4 is 27.3 Å². The third kappa shape index (κ3) is 5.17. The SMILES string of the molecule is COc1ccc(NC(=O)CN(c2ccc(C)cc2)S(=O)(=O)c2ccc(F)cc2)cc1OC. The summed E-state index contributed by atoms with van der Waals surface area (Å²) in [7, 11) is -1.17. The van der Waals surface area contributed by atoms with E-state index >= 15 is 0 Å². The molecule has 0 bridgehead atoms. The van der Waals surface area contributed by atoms with Crippen LogP contribution in [-0.4, -0.2) is 35.1 Å². The Morgan fingerprint density at radius 1 is 0.938 bits per heavy atom. The van der Waals surface area contributed by atoms with Crippen molar-refractivity contribution in [3.05, 3.63) is 78.1 Å². The van der Waals surface area contributed by atoms with Gasteiger partial charge in [-0.1, -0.05) is 17.7 Å². The molecule has 3 aromatic rings. The highest BCUT2D eigenvalue weighted by molar-refractivity contribution is 7.92. The fourth-order valence-electron chi connectivity index (χ4n) is 3.00. The number of hydrogen-bond donors (Lipinski definition) is 1. The Bertz CT molecular complexity index is 1200. The number of halogens is 1. The number of hydrogen-bond acceptors (Lipinski definition) is 5. The van der Waals surface area contributed by atoms with Gasteiger partial charge in [0, 0.05) is 11.8 Å². The van der Waals surface area contributed by atoms with Crippen LogP contribution < -0.4 is 19.1 Å². The smallest absolute Gasteiger partial charge is 0.264 e. The van der Waals surface area contributed by atoms with E-state index in [1.807, 2.05) is 6.92 Å². The van der Waals surface area contributed by atoms with Crippen LogP contribution in [0.25, 0.3) is 0 Å². The van der Waals surface area contributed by atoms with Gasteiger partial charge < -0.3 is 14.8 Å². The molecule has 0 aliphatic heterocycles. The fourth-order valence-corrected chi connectivity index (χ4v) is 4.43. The number of nitrogens with one attached hydrogen (secondary N) is 1. The van der Waals surface area contributed by atoms with Crippen molar-refractivity contribution in [2.45, 2.75) is 11.8 Å². The highest BCUT2D eigenvalue weighted by Crippen LogP contribution is 2.30. The van der Waals surface area contributed by atoms with Gasteiger partial charge in [-0.15, -0.1) is 0 Å². The summed E-state index contributed by atoms with van der Waals surface area (Å²) in [6.45, 7) is 1.38. The van der Waals surface area contributed by atoms with Crippen molar-refractivity contribution in [2.75, 3.05) is 30.4 Å². The molecular formula is C23H23FN2O5S. The predicted octanol–water partition coefficient (Wildman–Crippen LogP) is 3.99. The van der Waals surface area contributed by atoms with Crippen LogP contribution in [0, 0.1) is 12.7 Å². The van der Waals surface area contributed by atoms with E-state index in [4.69, 9.17) is 9.47 Å². The molecule has 0 heterocycles. The van der Waals surface area contributed by atoms with Crippen molar-refractivity contribution in [3.8, 4) is 11.5 Å². The first-order valence-corrected chi connectivity index (χ1v) is 11.1. The Labute approximate surface area is 186 Å². The number of carbonyl (C=O) groups excluding carboxylic acids is 1. The number of benzene rings is 3. The fraction of sp³-hybridized carbons (Fsp3) is 0.174. The second-order valence-electron chi connectivity index (χ2n) is 6.92. The van der Waals surface area contributed by atoms with Gasteiger partial charge in [0.2, 0.25) is 5.91 Å². The van der Waals surface area contributed by atoms with Crippen molar-refractivity contribution in [2.24, 2.45) is 0 Å². The van der Waals surface area contributed by atoms with Crippen molar-refractivity contribution < 1.29 is 27.1 Å². The maximum atomic E-state index is 13.3. The Morgan fingerprint density at radius 3 is 2.16 bits per heavy atom. The molecule has 1 amide bonds. The summed E-state index contributed by atoms with van der Waals surface area (Å²) < 4.78 is 51.3. The lowest BCUT2D eigenvalue weighted by Crippen LogP contribution is -2.38.